The Morgan fingerprint density at radius 3 is 2.52 bits per heavy atom. The lowest BCUT2D eigenvalue weighted by atomic mass is 9.43. The van der Waals surface area contributed by atoms with E-state index in [1.54, 1.807) is 0 Å². The third-order valence-corrected chi connectivity index (χ3v) is 10.4. The van der Waals surface area contributed by atoms with Gasteiger partial charge in [0, 0.05) is 43.9 Å². The van der Waals surface area contributed by atoms with E-state index >= 15 is 0 Å². The molecule has 6 heteroatoms. The van der Waals surface area contributed by atoms with Crippen LogP contribution in [0.15, 0.2) is 0 Å². The van der Waals surface area contributed by atoms with Crippen LogP contribution in [0.4, 0.5) is 0 Å². The van der Waals surface area contributed by atoms with Crippen molar-refractivity contribution in [1.29, 1.82) is 0 Å². The minimum Gasteiger partial charge on any atom is -0.469 e. The molecule has 0 heterocycles. The van der Waals surface area contributed by atoms with Gasteiger partial charge in [-0.1, -0.05) is 20.8 Å². The standard InChI is InChI=1S/C27H40O6/c1-15(6-9-24(31)32-5)19-7-8-20-25-21(14-23(30)27(19,20)4)26(3)11-10-18(29)12-17(26)13-22(25)33-16(2)28/h15,17,19-22,25H,6-14H2,1-5H3/t15-,17-,19+,20-,21-,22+,25+,26-,27+/m0/s1. The summed E-state index contributed by atoms with van der Waals surface area (Å²) in [5.41, 5.74) is -0.510. The molecule has 0 N–H and O–H groups in total. The van der Waals surface area contributed by atoms with Gasteiger partial charge in [0.15, 0.2) is 0 Å². The Bertz CT molecular complexity index is 834. The summed E-state index contributed by atoms with van der Waals surface area (Å²) in [6, 6.07) is 0. The first-order valence-electron chi connectivity index (χ1n) is 12.8. The minimum absolute atomic E-state index is 0.0548. The molecular formula is C27H40O6. The Kier molecular flexibility index (Phi) is 6.52. The van der Waals surface area contributed by atoms with E-state index in [1.165, 1.54) is 14.0 Å². The summed E-state index contributed by atoms with van der Waals surface area (Å²) in [4.78, 5) is 50.0. The summed E-state index contributed by atoms with van der Waals surface area (Å²) in [6.07, 6.45) is 5.99. The maximum atomic E-state index is 13.9. The molecule has 4 fully saturated rings. The van der Waals surface area contributed by atoms with Crippen LogP contribution in [0.5, 0.6) is 0 Å². The van der Waals surface area contributed by atoms with Crippen LogP contribution in [0, 0.1) is 46.3 Å². The van der Waals surface area contributed by atoms with E-state index in [0.717, 1.165) is 32.1 Å². The smallest absolute Gasteiger partial charge is 0.305 e. The van der Waals surface area contributed by atoms with E-state index in [0.29, 0.717) is 37.2 Å². The highest BCUT2D eigenvalue weighted by Gasteiger charge is 2.66. The molecule has 0 amide bonds. The van der Waals surface area contributed by atoms with Crippen molar-refractivity contribution < 1.29 is 28.7 Å². The van der Waals surface area contributed by atoms with E-state index in [2.05, 4.69) is 20.8 Å². The second-order valence-electron chi connectivity index (χ2n) is 11.8. The van der Waals surface area contributed by atoms with Crippen molar-refractivity contribution in [2.45, 2.75) is 91.6 Å². The predicted octanol–water partition coefficient (Wildman–Crippen LogP) is 4.52. The molecule has 184 valence electrons. The summed E-state index contributed by atoms with van der Waals surface area (Å²) in [5, 5.41) is 0. The summed E-state index contributed by atoms with van der Waals surface area (Å²) in [7, 11) is 1.41. The summed E-state index contributed by atoms with van der Waals surface area (Å²) >= 11 is 0. The van der Waals surface area contributed by atoms with Gasteiger partial charge in [-0.3, -0.25) is 19.2 Å². The molecule has 0 aliphatic heterocycles. The summed E-state index contributed by atoms with van der Waals surface area (Å²) < 4.78 is 10.8. The number of hydrogen-bond donors (Lipinski definition) is 0. The van der Waals surface area contributed by atoms with Crippen LogP contribution >= 0.6 is 0 Å². The van der Waals surface area contributed by atoms with Crippen LogP contribution in [0.3, 0.4) is 0 Å². The average molecular weight is 461 g/mol. The highest BCUT2D eigenvalue weighted by atomic mass is 16.5. The SMILES string of the molecule is COC(=O)CC[C@H](C)[C@H]1CC[C@H]2[C@H]3[C@H](OC(C)=O)C[C@@H]4CC(=O)CC[C@]4(C)[C@H]3CC(=O)[C@]12C. The number of fused-ring (bicyclic) bond motifs is 5. The first-order valence-corrected chi connectivity index (χ1v) is 12.8. The van der Waals surface area contributed by atoms with Crippen LogP contribution in [-0.4, -0.2) is 36.7 Å². The van der Waals surface area contributed by atoms with E-state index < -0.39 is 5.41 Å². The molecule has 4 rings (SSSR count). The molecule has 0 unspecified atom stereocenters. The zero-order chi connectivity index (χ0) is 24.1. The molecule has 0 aromatic heterocycles. The molecule has 0 aromatic carbocycles. The fraction of sp³-hybridized carbons (Fsp3) is 0.852. The van der Waals surface area contributed by atoms with E-state index in [-0.39, 0.29) is 59.0 Å². The van der Waals surface area contributed by atoms with Crippen molar-refractivity contribution in [2.24, 2.45) is 46.3 Å². The number of carbonyl (C=O) groups is 4. The monoisotopic (exact) mass is 460 g/mol. The number of hydrogen-bond acceptors (Lipinski definition) is 6. The number of ketones is 2. The molecule has 33 heavy (non-hydrogen) atoms. The van der Waals surface area contributed by atoms with E-state index in [1.807, 2.05) is 0 Å². The van der Waals surface area contributed by atoms with Crippen LogP contribution in [0.1, 0.15) is 85.5 Å². The first-order chi connectivity index (χ1) is 15.5. The third kappa shape index (κ3) is 3.95. The molecule has 4 saturated carbocycles. The lowest BCUT2D eigenvalue weighted by molar-refractivity contribution is -0.190. The predicted molar refractivity (Wildman–Crippen MR) is 122 cm³/mol. The highest BCUT2D eigenvalue weighted by Crippen LogP contribution is 2.67. The van der Waals surface area contributed by atoms with Crippen LogP contribution in [0.25, 0.3) is 0 Å². The number of carbonyl (C=O) groups excluding carboxylic acids is 4. The van der Waals surface area contributed by atoms with Crippen molar-refractivity contribution in [3.05, 3.63) is 0 Å². The fourth-order valence-corrected chi connectivity index (χ4v) is 8.63. The maximum Gasteiger partial charge on any atom is 0.305 e. The fourth-order valence-electron chi connectivity index (χ4n) is 8.63. The Labute approximate surface area is 197 Å². The Morgan fingerprint density at radius 2 is 1.85 bits per heavy atom. The molecule has 0 saturated heterocycles. The number of rotatable bonds is 5. The number of methoxy groups -OCH3 is 1. The van der Waals surface area contributed by atoms with Gasteiger partial charge in [-0.15, -0.1) is 0 Å². The quantitative estimate of drug-likeness (QED) is 0.561. The summed E-state index contributed by atoms with van der Waals surface area (Å²) in [5.74, 6) is 1.28. The van der Waals surface area contributed by atoms with Gasteiger partial charge in [-0.05, 0) is 67.1 Å². The molecule has 4 aliphatic rings. The second-order valence-corrected chi connectivity index (χ2v) is 11.8. The van der Waals surface area contributed by atoms with Gasteiger partial charge in [-0.25, -0.2) is 0 Å². The number of ether oxygens (including phenoxy) is 2. The van der Waals surface area contributed by atoms with Crippen molar-refractivity contribution in [1.82, 2.24) is 0 Å². The molecular weight excluding hydrogens is 420 g/mol. The molecule has 6 nitrogen and oxygen atoms in total. The van der Waals surface area contributed by atoms with Gasteiger partial charge >= 0.3 is 11.9 Å². The number of Topliss-reactive ketones (excluding diaryl/α,β-unsaturated/α-hetero) is 2. The van der Waals surface area contributed by atoms with Gasteiger partial charge in [-0.2, -0.15) is 0 Å². The number of esters is 2. The molecule has 0 spiro atoms. The van der Waals surface area contributed by atoms with E-state index in [9.17, 15) is 19.2 Å². The molecule has 0 radical (unpaired) electrons. The van der Waals surface area contributed by atoms with Gasteiger partial charge in [0.2, 0.25) is 0 Å². The largest absolute Gasteiger partial charge is 0.469 e. The lowest BCUT2D eigenvalue weighted by Crippen LogP contribution is -2.61. The third-order valence-electron chi connectivity index (χ3n) is 10.4. The van der Waals surface area contributed by atoms with E-state index in [4.69, 9.17) is 9.47 Å². The zero-order valence-electron chi connectivity index (χ0n) is 20.9. The average Bonchev–Trinajstić information content (AvgIpc) is 3.11. The van der Waals surface area contributed by atoms with Gasteiger partial charge in [0.1, 0.15) is 17.7 Å². The van der Waals surface area contributed by atoms with Crippen molar-refractivity contribution in [3.8, 4) is 0 Å². The van der Waals surface area contributed by atoms with Crippen molar-refractivity contribution >= 4 is 23.5 Å². The summed E-state index contributed by atoms with van der Waals surface area (Å²) in [6.45, 7) is 8.06. The van der Waals surface area contributed by atoms with Gasteiger partial charge in [0.05, 0.1) is 7.11 Å². The Hall–Kier alpha value is -1.72. The molecule has 9 atom stereocenters. The van der Waals surface area contributed by atoms with Crippen molar-refractivity contribution in [2.75, 3.05) is 7.11 Å². The molecule has 4 aliphatic carbocycles. The van der Waals surface area contributed by atoms with Crippen LogP contribution in [-0.2, 0) is 28.7 Å². The Morgan fingerprint density at radius 1 is 1.12 bits per heavy atom. The zero-order valence-corrected chi connectivity index (χ0v) is 20.9. The van der Waals surface area contributed by atoms with Crippen LogP contribution in [0.2, 0.25) is 0 Å². The molecule has 0 aromatic rings. The topological polar surface area (TPSA) is 86.7 Å². The Balaban J connectivity index is 1.65. The normalized spacial score (nSPS) is 43.2. The van der Waals surface area contributed by atoms with Crippen molar-refractivity contribution in [3.63, 3.8) is 0 Å². The highest BCUT2D eigenvalue weighted by molar-refractivity contribution is 5.87. The van der Waals surface area contributed by atoms with Gasteiger partial charge in [0.25, 0.3) is 0 Å². The first kappa shape index (κ1) is 24.4. The van der Waals surface area contributed by atoms with Crippen LogP contribution < -0.4 is 0 Å². The maximum absolute atomic E-state index is 13.9. The van der Waals surface area contributed by atoms with Gasteiger partial charge < -0.3 is 9.47 Å². The minimum atomic E-state index is -0.456. The lowest BCUT2D eigenvalue weighted by Gasteiger charge is -2.61. The second kappa shape index (κ2) is 8.81. The molecule has 0 bridgehead atoms.